The number of nitrogens with zero attached hydrogens (tertiary/aromatic N) is 3. The van der Waals surface area contributed by atoms with Gasteiger partial charge < -0.3 is 10.1 Å². The van der Waals surface area contributed by atoms with Gasteiger partial charge in [0.2, 0.25) is 0 Å². The van der Waals surface area contributed by atoms with Crippen LogP contribution in [0.2, 0.25) is 0 Å². The fourth-order valence-corrected chi connectivity index (χ4v) is 1.84. The van der Waals surface area contributed by atoms with Gasteiger partial charge in [-0.3, -0.25) is 4.68 Å². The third-order valence-electron chi connectivity index (χ3n) is 2.95. The molecule has 0 aromatic carbocycles. The van der Waals surface area contributed by atoms with Gasteiger partial charge in [0, 0.05) is 25.9 Å². The SMILES string of the molecule is CCCNc1cc(Oc2c(C)nn(C)c2C)ccn1. The summed E-state index contributed by atoms with van der Waals surface area (Å²) in [4.78, 5) is 4.26. The first-order valence-corrected chi connectivity index (χ1v) is 6.49. The van der Waals surface area contributed by atoms with Crippen molar-refractivity contribution in [3.8, 4) is 11.5 Å². The maximum Gasteiger partial charge on any atom is 0.171 e. The van der Waals surface area contributed by atoms with Gasteiger partial charge in [-0.1, -0.05) is 6.92 Å². The van der Waals surface area contributed by atoms with Crippen LogP contribution in [0, 0.1) is 13.8 Å². The highest BCUT2D eigenvalue weighted by Gasteiger charge is 2.11. The minimum absolute atomic E-state index is 0.771. The number of nitrogens with one attached hydrogen (secondary N) is 1. The van der Waals surface area contributed by atoms with Crippen molar-refractivity contribution in [3.63, 3.8) is 0 Å². The number of hydrogen-bond acceptors (Lipinski definition) is 4. The third kappa shape index (κ3) is 3.05. The maximum atomic E-state index is 5.92. The molecule has 0 saturated carbocycles. The van der Waals surface area contributed by atoms with Gasteiger partial charge in [-0.05, 0) is 26.3 Å². The Morgan fingerprint density at radius 3 is 2.79 bits per heavy atom. The van der Waals surface area contributed by atoms with Crippen LogP contribution in [-0.2, 0) is 7.05 Å². The normalized spacial score (nSPS) is 10.5. The maximum absolute atomic E-state index is 5.92. The molecule has 0 atom stereocenters. The molecule has 0 saturated heterocycles. The summed E-state index contributed by atoms with van der Waals surface area (Å²) >= 11 is 0. The number of aromatic nitrogens is 3. The number of aryl methyl sites for hydroxylation is 2. The Hall–Kier alpha value is -2.04. The molecule has 0 aliphatic rings. The van der Waals surface area contributed by atoms with E-state index in [1.807, 2.05) is 37.7 Å². The molecule has 0 radical (unpaired) electrons. The van der Waals surface area contributed by atoms with Crippen molar-refractivity contribution in [3.05, 3.63) is 29.7 Å². The van der Waals surface area contributed by atoms with Gasteiger partial charge in [-0.15, -0.1) is 0 Å². The van der Waals surface area contributed by atoms with Crippen molar-refractivity contribution in [2.75, 3.05) is 11.9 Å². The van der Waals surface area contributed by atoms with E-state index in [0.717, 1.165) is 41.7 Å². The highest BCUT2D eigenvalue weighted by atomic mass is 16.5. The quantitative estimate of drug-likeness (QED) is 0.897. The first kappa shape index (κ1) is 13.4. The van der Waals surface area contributed by atoms with Crippen molar-refractivity contribution in [1.29, 1.82) is 0 Å². The molecule has 2 heterocycles. The Morgan fingerprint density at radius 2 is 2.16 bits per heavy atom. The molecule has 102 valence electrons. The summed E-state index contributed by atoms with van der Waals surface area (Å²) in [6.07, 6.45) is 2.81. The smallest absolute Gasteiger partial charge is 0.171 e. The molecule has 0 unspecified atom stereocenters. The third-order valence-corrected chi connectivity index (χ3v) is 2.95. The Kier molecular flexibility index (Phi) is 4.04. The fraction of sp³-hybridized carbons (Fsp3) is 0.429. The van der Waals surface area contributed by atoms with Crippen molar-refractivity contribution >= 4 is 5.82 Å². The van der Waals surface area contributed by atoms with Crippen LogP contribution in [0.4, 0.5) is 5.82 Å². The average Bonchev–Trinajstić information content (AvgIpc) is 2.64. The van der Waals surface area contributed by atoms with E-state index >= 15 is 0 Å². The summed E-state index contributed by atoms with van der Waals surface area (Å²) in [5.41, 5.74) is 1.90. The van der Waals surface area contributed by atoms with Crippen LogP contribution in [0.1, 0.15) is 24.7 Å². The van der Waals surface area contributed by atoms with Gasteiger partial charge >= 0.3 is 0 Å². The zero-order chi connectivity index (χ0) is 13.8. The second-order valence-corrected chi connectivity index (χ2v) is 4.53. The summed E-state index contributed by atoms with van der Waals surface area (Å²) in [5.74, 6) is 2.42. The molecule has 0 spiro atoms. The van der Waals surface area contributed by atoms with E-state index < -0.39 is 0 Å². The van der Waals surface area contributed by atoms with E-state index in [-0.39, 0.29) is 0 Å². The molecule has 2 rings (SSSR count). The van der Waals surface area contributed by atoms with Gasteiger partial charge in [0.1, 0.15) is 17.3 Å². The fourth-order valence-electron chi connectivity index (χ4n) is 1.84. The number of pyridine rings is 1. The molecule has 2 aromatic heterocycles. The van der Waals surface area contributed by atoms with Crippen LogP contribution >= 0.6 is 0 Å². The number of ether oxygens (including phenoxy) is 1. The summed E-state index contributed by atoms with van der Waals surface area (Å²) < 4.78 is 7.74. The molecule has 2 aromatic rings. The van der Waals surface area contributed by atoms with Gasteiger partial charge in [0.15, 0.2) is 5.75 Å². The molecule has 0 aliphatic heterocycles. The van der Waals surface area contributed by atoms with Crippen LogP contribution in [0.3, 0.4) is 0 Å². The predicted molar refractivity (Wildman–Crippen MR) is 75.8 cm³/mol. The summed E-state index contributed by atoms with van der Waals surface area (Å²) in [6.45, 7) is 6.96. The summed E-state index contributed by atoms with van der Waals surface area (Å²) in [5, 5.41) is 7.58. The average molecular weight is 260 g/mol. The highest BCUT2D eigenvalue weighted by molar-refractivity contribution is 5.44. The first-order chi connectivity index (χ1) is 9.11. The van der Waals surface area contributed by atoms with E-state index in [1.165, 1.54) is 0 Å². The molecule has 0 bridgehead atoms. The summed E-state index contributed by atoms with van der Waals surface area (Å²) in [6, 6.07) is 3.75. The van der Waals surface area contributed by atoms with Crippen LogP contribution < -0.4 is 10.1 Å². The zero-order valence-electron chi connectivity index (χ0n) is 11.9. The van der Waals surface area contributed by atoms with Gasteiger partial charge in [-0.2, -0.15) is 5.10 Å². The topological polar surface area (TPSA) is 52.0 Å². The molecule has 0 amide bonds. The van der Waals surface area contributed by atoms with Gasteiger partial charge in [0.05, 0.1) is 5.69 Å². The van der Waals surface area contributed by atoms with Crippen molar-refractivity contribution in [1.82, 2.24) is 14.8 Å². The molecule has 0 fully saturated rings. The van der Waals surface area contributed by atoms with Crippen molar-refractivity contribution in [2.24, 2.45) is 7.05 Å². The lowest BCUT2D eigenvalue weighted by atomic mass is 10.3. The van der Waals surface area contributed by atoms with Crippen LogP contribution in [-0.4, -0.2) is 21.3 Å². The Balaban J connectivity index is 2.18. The molecule has 1 N–H and O–H groups in total. The van der Waals surface area contributed by atoms with E-state index in [0.29, 0.717) is 0 Å². The zero-order valence-corrected chi connectivity index (χ0v) is 11.9. The van der Waals surface area contributed by atoms with E-state index in [1.54, 1.807) is 6.20 Å². The standard InChI is InChI=1S/C14H20N4O/c1-5-7-15-13-9-12(6-8-16-13)19-14-10(2)17-18(4)11(14)3/h6,8-9H,5,7H2,1-4H3,(H,15,16). The molecule has 0 aliphatic carbocycles. The molecule has 5 nitrogen and oxygen atoms in total. The lowest BCUT2D eigenvalue weighted by Crippen LogP contribution is -2.01. The molecular weight excluding hydrogens is 240 g/mol. The monoisotopic (exact) mass is 260 g/mol. The van der Waals surface area contributed by atoms with E-state index in [9.17, 15) is 0 Å². The second kappa shape index (κ2) is 5.73. The Bertz CT molecular complexity index is 563. The van der Waals surface area contributed by atoms with E-state index in [2.05, 4.69) is 22.3 Å². The lowest BCUT2D eigenvalue weighted by molar-refractivity contribution is 0.473. The minimum Gasteiger partial charge on any atom is -0.453 e. The van der Waals surface area contributed by atoms with Crippen molar-refractivity contribution < 1.29 is 4.74 Å². The van der Waals surface area contributed by atoms with Crippen LogP contribution in [0.5, 0.6) is 11.5 Å². The van der Waals surface area contributed by atoms with Crippen LogP contribution in [0.15, 0.2) is 18.3 Å². The lowest BCUT2D eigenvalue weighted by Gasteiger charge is -2.08. The first-order valence-electron chi connectivity index (χ1n) is 6.49. The number of anilines is 1. The highest BCUT2D eigenvalue weighted by Crippen LogP contribution is 2.28. The predicted octanol–water partition coefficient (Wildman–Crippen LogP) is 3.05. The molecule has 5 heteroatoms. The van der Waals surface area contributed by atoms with Crippen LogP contribution in [0.25, 0.3) is 0 Å². The largest absolute Gasteiger partial charge is 0.453 e. The van der Waals surface area contributed by atoms with Gasteiger partial charge in [-0.25, -0.2) is 4.98 Å². The summed E-state index contributed by atoms with van der Waals surface area (Å²) in [7, 11) is 1.91. The minimum atomic E-state index is 0.771. The van der Waals surface area contributed by atoms with Gasteiger partial charge in [0.25, 0.3) is 0 Å². The number of rotatable bonds is 5. The molecular formula is C14H20N4O. The number of hydrogen-bond donors (Lipinski definition) is 1. The Labute approximate surface area is 113 Å². The second-order valence-electron chi connectivity index (χ2n) is 4.53. The molecule has 19 heavy (non-hydrogen) atoms. The van der Waals surface area contributed by atoms with E-state index in [4.69, 9.17) is 4.74 Å². The Morgan fingerprint density at radius 1 is 1.37 bits per heavy atom. The van der Waals surface area contributed by atoms with Crippen molar-refractivity contribution in [2.45, 2.75) is 27.2 Å².